The predicted octanol–water partition coefficient (Wildman–Crippen LogP) is 4.24. The SMILES string of the molecule is CCO.CN=C(c1ncccc1C)N1CCC(F)(F)CC1.CNC.CO.Cc1ccc(C)cc1. The van der Waals surface area contributed by atoms with Crippen LogP contribution in [0.25, 0.3) is 0 Å². The summed E-state index contributed by atoms with van der Waals surface area (Å²) in [5, 5.41) is 17.3. The fraction of sp³-hybridized carbons (Fsp3) is 0.538. The molecule has 3 N–H and O–H groups in total. The first-order chi connectivity index (χ1) is 16.1. The van der Waals surface area contributed by atoms with Crippen LogP contribution in [0.5, 0.6) is 0 Å². The number of aromatic nitrogens is 1. The number of halogens is 2. The number of alkyl halides is 2. The van der Waals surface area contributed by atoms with Gasteiger partial charge in [0.1, 0.15) is 11.5 Å². The van der Waals surface area contributed by atoms with Crippen LogP contribution in [0.15, 0.2) is 47.6 Å². The number of likely N-dealkylation sites (tertiary alicyclic amines) is 1. The Kier molecular flexibility index (Phi) is 19.8. The fourth-order valence-electron chi connectivity index (χ4n) is 2.80. The Labute approximate surface area is 204 Å². The minimum absolute atomic E-state index is 0.113. The second kappa shape index (κ2) is 20.0. The zero-order valence-corrected chi connectivity index (χ0v) is 22.1. The van der Waals surface area contributed by atoms with Gasteiger partial charge in [-0.05, 0) is 53.4 Å². The second-order valence-corrected chi connectivity index (χ2v) is 7.53. The van der Waals surface area contributed by atoms with E-state index in [9.17, 15) is 8.78 Å². The molecule has 0 bridgehead atoms. The van der Waals surface area contributed by atoms with Crippen molar-refractivity contribution in [3.05, 3.63) is 65.0 Å². The van der Waals surface area contributed by atoms with Gasteiger partial charge < -0.3 is 20.4 Å². The van der Waals surface area contributed by atoms with E-state index in [1.165, 1.54) is 11.1 Å². The summed E-state index contributed by atoms with van der Waals surface area (Å²) < 4.78 is 26.3. The van der Waals surface area contributed by atoms with Crippen molar-refractivity contribution >= 4 is 5.84 Å². The Hall–Kier alpha value is -2.42. The maximum atomic E-state index is 13.1. The van der Waals surface area contributed by atoms with Gasteiger partial charge in [0, 0.05) is 52.9 Å². The van der Waals surface area contributed by atoms with Gasteiger partial charge in [0.25, 0.3) is 5.92 Å². The molecule has 1 saturated heterocycles. The van der Waals surface area contributed by atoms with Gasteiger partial charge in [-0.2, -0.15) is 0 Å². The number of pyridine rings is 1. The summed E-state index contributed by atoms with van der Waals surface area (Å²) in [7, 11) is 6.43. The third-order valence-corrected chi connectivity index (χ3v) is 4.45. The smallest absolute Gasteiger partial charge is 0.251 e. The number of benzene rings is 1. The van der Waals surface area contributed by atoms with E-state index in [1.807, 2.05) is 38.1 Å². The molecule has 0 spiro atoms. The second-order valence-electron chi connectivity index (χ2n) is 7.53. The molecule has 0 aliphatic carbocycles. The van der Waals surface area contributed by atoms with Crippen LogP contribution in [0, 0.1) is 20.8 Å². The largest absolute Gasteiger partial charge is 0.400 e. The molecule has 2 aromatic rings. The first kappa shape index (κ1) is 33.8. The normalized spacial score (nSPS) is 14.0. The highest BCUT2D eigenvalue weighted by Gasteiger charge is 2.35. The molecule has 0 amide bonds. The van der Waals surface area contributed by atoms with Crippen molar-refractivity contribution in [2.24, 2.45) is 4.99 Å². The lowest BCUT2D eigenvalue weighted by molar-refractivity contribution is -0.0434. The van der Waals surface area contributed by atoms with Gasteiger partial charge in [0.05, 0.1) is 0 Å². The van der Waals surface area contributed by atoms with E-state index in [0.29, 0.717) is 18.9 Å². The van der Waals surface area contributed by atoms with Gasteiger partial charge >= 0.3 is 0 Å². The molecule has 1 aromatic heterocycles. The van der Waals surface area contributed by atoms with Crippen LogP contribution in [0.1, 0.15) is 42.1 Å². The van der Waals surface area contributed by atoms with Crippen LogP contribution in [-0.2, 0) is 0 Å². The van der Waals surface area contributed by atoms with E-state index in [1.54, 1.807) is 20.2 Å². The van der Waals surface area contributed by atoms with E-state index >= 15 is 0 Å². The molecular formula is C26H44F2N4O2. The molecule has 1 aliphatic rings. The van der Waals surface area contributed by atoms with E-state index < -0.39 is 5.92 Å². The number of piperidine rings is 1. The Morgan fingerprint density at radius 3 is 1.79 bits per heavy atom. The van der Waals surface area contributed by atoms with Gasteiger partial charge in [-0.15, -0.1) is 0 Å². The molecule has 2 heterocycles. The molecule has 34 heavy (non-hydrogen) atoms. The zero-order valence-electron chi connectivity index (χ0n) is 22.1. The van der Waals surface area contributed by atoms with Gasteiger partial charge in [-0.1, -0.05) is 41.5 Å². The van der Waals surface area contributed by atoms with Gasteiger partial charge in [-0.3, -0.25) is 9.98 Å². The molecule has 8 heteroatoms. The Morgan fingerprint density at radius 1 is 1.03 bits per heavy atom. The van der Waals surface area contributed by atoms with Crippen LogP contribution in [0.4, 0.5) is 8.78 Å². The number of nitrogens with one attached hydrogen (secondary N) is 1. The van der Waals surface area contributed by atoms with Crippen LogP contribution < -0.4 is 5.32 Å². The van der Waals surface area contributed by atoms with Crippen molar-refractivity contribution in [1.29, 1.82) is 0 Å². The highest BCUT2D eigenvalue weighted by Crippen LogP contribution is 2.28. The van der Waals surface area contributed by atoms with Crippen molar-refractivity contribution in [3.63, 3.8) is 0 Å². The minimum atomic E-state index is -2.53. The highest BCUT2D eigenvalue weighted by atomic mass is 19.3. The number of hydrogen-bond donors (Lipinski definition) is 3. The van der Waals surface area contributed by atoms with Crippen molar-refractivity contribution in [2.45, 2.75) is 46.5 Å². The average molecular weight is 483 g/mol. The predicted molar refractivity (Wildman–Crippen MR) is 139 cm³/mol. The van der Waals surface area contributed by atoms with E-state index in [0.717, 1.165) is 18.4 Å². The number of aliphatic imine (C=N–C) groups is 1. The van der Waals surface area contributed by atoms with Crippen molar-refractivity contribution in [1.82, 2.24) is 15.2 Å². The monoisotopic (exact) mass is 482 g/mol. The molecule has 1 aromatic carbocycles. The van der Waals surface area contributed by atoms with Crippen LogP contribution in [-0.4, -0.2) is 79.8 Å². The quantitative estimate of drug-likeness (QED) is 0.418. The number of aliphatic hydroxyl groups is 2. The average Bonchev–Trinajstić information content (AvgIpc) is 2.81. The topological polar surface area (TPSA) is 81.0 Å². The van der Waals surface area contributed by atoms with Gasteiger partial charge in [-0.25, -0.2) is 8.78 Å². The lowest BCUT2D eigenvalue weighted by atomic mass is 10.1. The summed E-state index contributed by atoms with van der Waals surface area (Å²) in [4.78, 5) is 10.4. The molecule has 194 valence electrons. The number of nitrogens with zero attached hydrogens (tertiary/aromatic N) is 3. The first-order valence-electron chi connectivity index (χ1n) is 11.3. The molecule has 0 atom stereocenters. The van der Waals surface area contributed by atoms with E-state index in [2.05, 4.69) is 53.4 Å². The maximum Gasteiger partial charge on any atom is 0.251 e. The Balaban J connectivity index is 0. The lowest BCUT2D eigenvalue weighted by Crippen LogP contribution is -2.43. The number of hydrogen-bond acceptors (Lipinski definition) is 5. The molecule has 0 saturated carbocycles. The van der Waals surface area contributed by atoms with Crippen LogP contribution in [0.2, 0.25) is 0 Å². The summed E-state index contributed by atoms with van der Waals surface area (Å²) >= 11 is 0. The number of aliphatic hydroxyl groups excluding tert-OH is 2. The molecule has 0 radical (unpaired) electrons. The molecular weight excluding hydrogens is 438 g/mol. The third-order valence-electron chi connectivity index (χ3n) is 4.45. The van der Waals surface area contributed by atoms with Crippen LogP contribution in [0.3, 0.4) is 0 Å². The molecule has 1 fully saturated rings. The Morgan fingerprint density at radius 2 is 1.44 bits per heavy atom. The summed E-state index contributed by atoms with van der Waals surface area (Å²) in [5.41, 5.74) is 4.45. The number of aryl methyl sites for hydroxylation is 3. The lowest BCUT2D eigenvalue weighted by Gasteiger charge is -2.33. The third kappa shape index (κ3) is 14.7. The summed E-state index contributed by atoms with van der Waals surface area (Å²) in [6.07, 6.45) is 1.47. The maximum absolute atomic E-state index is 13.1. The highest BCUT2D eigenvalue weighted by molar-refractivity contribution is 5.98. The summed E-state index contributed by atoms with van der Waals surface area (Å²) in [6.45, 7) is 8.73. The molecule has 3 rings (SSSR count). The number of amidine groups is 1. The summed E-state index contributed by atoms with van der Waals surface area (Å²) in [5.74, 6) is -1.82. The number of rotatable bonds is 1. The zero-order chi connectivity index (χ0) is 26.6. The molecule has 1 aliphatic heterocycles. The molecule has 6 nitrogen and oxygen atoms in total. The van der Waals surface area contributed by atoms with E-state index in [-0.39, 0.29) is 19.4 Å². The Bertz CT molecular complexity index is 752. The van der Waals surface area contributed by atoms with E-state index in [4.69, 9.17) is 10.2 Å². The van der Waals surface area contributed by atoms with Gasteiger partial charge in [0.2, 0.25) is 0 Å². The molecule has 0 unspecified atom stereocenters. The van der Waals surface area contributed by atoms with Crippen molar-refractivity contribution < 1.29 is 19.0 Å². The first-order valence-corrected chi connectivity index (χ1v) is 11.3. The minimum Gasteiger partial charge on any atom is -0.400 e. The van der Waals surface area contributed by atoms with Gasteiger partial charge in [0.15, 0.2) is 0 Å². The summed E-state index contributed by atoms with van der Waals surface area (Å²) in [6, 6.07) is 12.3. The standard InChI is InChI=1S/C13H17F2N3.C8H10.C2H7N.C2H6O.CH4O/c1-10-4-3-7-17-11(10)12(16-2)18-8-5-13(14,15)6-9-18;1-7-3-5-8(2)6-4-7;1-3-2;1-2-3;1-2/h3-4,7H,5-6,8-9H2,1-2H3;3-6H,1-2H3;3H,1-2H3;3H,2H2,1H3;2H,1H3. The van der Waals surface area contributed by atoms with Crippen molar-refractivity contribution in [2.75, 3.05) is 47.9 Å². The van der Waals surface area contributed by atoms with Crippen LogP contribution >= 0.6 is 0 Å². The van der Waals surface area contributed by atoms with Crippen molar-refractivity contribution in [3.8, 4) is 0 Å². The fourth-order valence-corrected chi connectivity index (χ4v) is 2.80.